The molecular weight excluding hydrogens is 396 g/mol. The van der Waals surface area contributed by atoms with Gasteiger partial charge in [-0.2, -0.15) is 4.31 Å². The van der Waals surface area contributed by atoms with Crippen molar-refractivity contribution in [3.63, 3.8) is 0 Å². The summed E-state index contributed by atoms with van der Waals surface area (Å²) in [6.07, 6.45) is 8.24. The molecule has 1 N–H and O–H groups in total. The number of thioether (sulfide) groups is 1. The van der Waals surface area contributed by atoms with Crippen LogP contribution in [0.5, 0.6) is 0 Å². The molecule has 1 aliphatic rings. The second-order valence-corrected chi connectivity index (χ2v) is 9.74. The summed E-state index contributed by atoms with van der Waals surface area (Å²) in [7, 11) is -1.56. The molecule has 154 valence electrons. The lowest BCUT2D eigenvalue weighted by Crippen LogP contribution is -2.47. The molecule has 0 aliphatic carbocycles. The van der Waals surface area contributed by atoms with Crippen molar-refractivity contribution in [2.24, 2.45) is 0 Å². The molecule has 9 heteroatoms. The number of aromatic nitrogens is 1. The van der Waals surface area contributed by atoms with Gasteiger partial charge >= 0.3 is 0 Å². The molecule has 1 aromatic heterocycles. The molecule has 0 saturated carbocycles. The Morgan fingerprint density at radius 2 is 1.93 bits per heavy atom. The molecule has 1 aliphatic heterocycles. The third-order valence-electron chi connectivity index (χ3n) is 5.02. The van der Waals surface area contributed by atoms with E-state index in [0.717, 1.165) is 0 Å². The van der Waals surface area contributed by atoms with Crippen molar-refractivity contribution in [3.8, 4) is 12.3 Å². The minimum absolute atomic E-state index is 0.164. The van der Waals surface area contributed by atoms with Crippen LogP contribution in [0.2, 0.25) is 0 Å². The number of terminal acetylenes is 1. The van der Waals surface area contributed by atoms with Crippen LogP contribution in [0.1, 0.15) is 26.7 Å². The van der Waals surface area contributed by atoms with Crippen LogP contribution in [0, 0.1) is 12.3 Å². The maximum atomic E-state index is 12.7. The van der Waals surface area contributed by atoms with Crippen LogP contribution in [-0.2, 0) is 14.8 Å². The summed E-state index contributed by atoms with van der Waals surface area (Å²) in [5, 5.41) is 3.49. The summed E-state index contributed by atoms with van der Waals surface area (Å²) in [4.78, 5) is 18.7. The number of amides is 1. The second-order valence-electron chi connectivity index (χ2n) is 6.81. The number of rotatable bonds is 8. The fourth-order valence-corrected chi connectivity index (χ4v) is 4.90. The molecule has 0 spiro atoms. The number of hydrogen-bond donors (Lipinski definition) is 1. The summed E-state index contributed by atoms with van der Waals surface area (Å²) < 4.78 is 26.9. The van der Waals surface area contributed by atoms with Gasteiger partial charge in [-0.05, 0) is 32.0 Å². The van der Waals surface area contributed by atoms with E-state index in [4.69, 9.17) is 6.42 Å². The molecule has 0 aromatic carbocycles. The highest BCUT2D eigenvalue weighted by atomic mass is 32.2. The molecule has 1 fully saturated rings. The molecule has 28 heavy (non-hydrogen) atoms. The number of hydrogen-bond acceptors (Lipinski definition) is 6. The number of sulfonamides is 1. The standard InChI is InChI=1S/C19H28N4O3S2/c1-5-19(6-2,7-3)21-17(24)15-27-18-9-8-16(14-20-18)28(25,26)23-12-10-22(4)11-13-23/h1,8-9,14H,6-7,10-13,15H2,2-4H3,(H,21,24). The normalized spacial score (nSPS) is 16.5. The van der Waals surface area contributed by atoms with E-state index in [1.807, 2.05) is 20.9 Å². The Hall–Kier alpha value is -1.60. The molecule has 0 radical (unpaired) electrons. The van der Waals surface area contributed by atoms with E-state index in [2.05, 4.69) is 21.1 Å². The fourth-order valence-electron chi connectivity index (χ4n) is 2.89. The number of carbonyl (C=O) groups excluding carboxylic acids is 1. The molecule has 1 saturated heterocycles. The zero-order chi connectivity index (χ0) is 20.8. The number of pyridine rings is 1. The molecule has 0 unspecified atom stereocenters. The zero-order valence-electron chi connectivity index (χ0n) is 16.6. The molecule has 2 heterocycles. The van der Waals surface area contributed by atoms with Crippen molar-refractivity contribution in [3.05, 3.63) is 18.3 Å². The first kappa shape index (κ1) is 22.7. The Morgan fingerprint density at radius 3 is 2.43 bits per heavy atom. The molecule has 0 bridgehead atoms. The Kier molecular flexibility index (Phi) is 7.89. The number of carbonyl (C=O) groups is 1. The van der Waals surface area contributed by atoms with Gasteiger partial charge in [0.05, 0.1) is 10.8 Å². The van der Waals surface area contributed by atoms with Gasteiger partial charge in [-0.15, -0.1) is 6.42 Å². The summed E-state index contributed by atoms with van der Waals surface area (Å²) in [6, 6.07) is 3.18. The average Bonchev–Trinajstić information content (AvgIpc) is 2.71. The van der Waals surface area contributed by atoms with Gasteiger partial charge in [-0.1, -0.05) is 31.5 Å². The highest BCUT2D eigenvalue weighted by Crippen LogP contribution is 2.21. The number of likely N-dealkylation sites (N-methyl/N-ethyl adjacent to an activating group) is 1. The van der Waals surface area contributed by atoms with E-state index in [1.54, 1.807) is 12.1 Å². The maximum Gasteiger partial charge on any atom is 0.244 e. The van der Waals surface area contributed by atoms with Crippen molar-refractivity contribution < 1.29 is 13.2 Å². The molecular formula is C19H28N4O3S2. The number of nitrogens with one attached hydrogen (secondary N) is 1. The van der Waals surface area contributed by atoms with E-state index >= 15 is 0 Å². The topological polar surface area (TPSA) is 82.6 Å². The Balaban J connectivity index is 1.96. The van der Waals surface area contributed by atoms with Crippen LogP contribution in [0.3, 0.4) is 0 Å². The third kappa shape index (κ3) is 5.47. The molecule has 1 amide bonds. The van der Waals surface area contributed by atoms with Gasteiger partial charge in [0.1, 0.15) is 10.4 Å². The largest absolute Gasteiger partial charge is 0.339 e. The lowest BCUT2D eigenvalue weighted by atomic mass is 9.94. The second kappa shape index (κ2) is 9.74. The van der Waals surface area contributed by atoms with Crippen molar-refractivity contribution in [2.75, 3.05) is 39.0 Å². The fraction of sp³-hybridized carbons (Fsp3) is 0.579. The average molecular weight is 425 g/mol. The highest BCUT2D eigenvalue weighted by molar-refractivity contribution is 7.99. The number of nitrogens with zero attached hydrogens (tertiary/aromatic N) is 3. The van der Waals surface area contributed by atoms with Gasteiger partial charge in [0, 0.05) is 32.4 Å². The lowest BCUT2D eigenvalue weighted by Gasteiger charge is -2.31. The Morgan fingerprint density at radius 1 is 1.29 bits per heavy atom. The van der Waals surface area contributed by atoms with E-state index in [0.29, 0.717) is 44.0 Å². The first-order chi connectivity index (χ1) is 13.3. The van der Waals surface area contributed by atoms with E-state index < -0.39 is 15.6 Å². The van der Waals surface area contributed by atoms with Crippen molar-refractivity contribution in [1.29, 1.82) is 0 Å². The predicted molar refractivity (Wildman–Crippen MR) is 112 cm³/mol. The summed E-state index contributed by atoms with van der Waals surface area (Å²) >= 11 is 1.25. The van der Waals surface area contributed by atoms with E-state index in [9.17, 15) is 13.2 Å². The van der Waals surface area contributed by atoms with Crippen molar-refractivity contribution in [2.45, 2.75) is 42.1 Å². The highest BCUT2D eigenvalue weighted by Gasteiger charge is 2.28. The molecule has 2 rings (SSSR count). The van der Waals surface area contributed by atoms with Crippen molar-refractivity contribution in [1.82, 2.24) is 19.5 Å². The van der Waals surface area contributed by atoms with Crippen LogP contribution in [0.25, 0.3) is 0 Å². The van der Waals surface area contributed by atoms with Gasteiger partial charge in [-0.3, -0.25) is 4.79 Å². The van der Waals surface area contributed by atoms with Gasteiger partial charge in [-0.25, -0.2) is 13.4 Å². The van der Waals surface area contributed by atoms with Gasteiger partial charge in [0.2, 0.25) is 15.9 Å². The third-order valence-corrected chi connectivity index (χ3v) is 7.85. The van der Waals surface area contributed by atoms with Crippen molar-refractivity contribution >= 4 is 27.7 Å². The molecule has 0 atom stereocenters. The Labute approximate surface area is 172 Å². The van der Waals surface area contributed by atoms with E-state index in [1.165, 1.54) is 22.3 Å². The smallest absolute Gasteiger partial charge is 0.244 e. The Bertz CT molecular complexity index is 807. The first-order valence-corrected chi connectivity index (χ1v) is 11.7. The van der Waals surface area contributed by atoms with Crippen LogP contribution in [0.15, 0.2) is 28.3 Å². The van der Waals surface area contributed by atoms with Crippen LogP contribution >= 0.6 is 11.8 Å². The van der Waals surface area contributed by atoms with Gasteiger partial charge < -0.3 is 10.2 Å². The molecule has 7 nitrogen and oxygen atoms in total. The zero-order valence-corrected chi connectivity index (χ0v) is 18.3. The SMILES string of the molecule is C#CC(CC)(CC)NC(=O)CSc1ccc(S(=O)(=O)N2CCN(C)CC2)cn1. The summed E-state index contributed by atoms with van der Waals surface area (Å²) in [6.45, 7) is 6.26. The first-order valence-electron chi connectivity index (χ1n) is 9.32. The van der Waals surface area contributed by atoms with E-state index in [-0.39, 0.29) is 16.6 Å². The molecule has 1 aromatic rings. The maximum absolute atomic E-state index is 12.7. The van der Waals surface area contributed by atoms with Crippen LogP contribution in [-0.4, -0.2) is 73.0 Å². The van der Waals surface area contributed by atoms with Crippen LogP contribution in [0.4, 0.5) is 0 Å². The predicted octanol–water partition coefficient (Wildman–Crippen LogP) is 1.42. The minimum atomic E-state index is -3.53. The summed E-state index contributed by atoms with van der Waals surface area (Å²) in [5.41, 5.74) is -0.620. The minimum Gasteiger partial charge on any atom is -0.339 e. The van der Waals surface area contributed by atoms with Gasteiger partial charge in [0.25, 0.3) is 0 Å². The number of piperazine rings is 1. The quantitative estimate of drug-likeness (QED) is 0.502. The van der Waals surface area contributed by atoms with Crippen LogP contribution < -0.4 is 5.32 Å². The van der Waals surface area contributed by atoms with Gasteiger partial charge in [0.15, 0.2) is 0 Å². The summed E-state index contributed by atoms with van der Waals surface area (Å²) in [5.74, 6) is 2.67. The lowest BCUT2D eigenvalue weighted by molar-refractivity contribution is -0.119. The monoisotopic (exact) mass is 424 g/mol.